The van der Waals surface area contributed by atoms with Crippen LogP contribution in [0.3, 0.4) is 0 Å². The maximum absolute atomic E-state index is 12.5. The van der Waals surface area contributed by atoms with E-state index in [4.69, 9.17) is 11.6 Å². The molecule has 4 aromatic rings. The lowest BCUT2D eigenvalue weighted by atomic mass is 9.87. The molecule has 0 bridgehead atoms. The SMILES string of the molecule is Cc1nc2nn(-c3ccc(Cl)c(C(=O)O)c3)cc2c(C=NNC(=O)c2ccc(C(C)(C)C)cc2)c1O. The summed E-state index contributed by atoms with van der Waals surface area (Å²) in [6.45, 7) is 7.90. The summed E-state index contributed by atoms with van der Waals surface area (Å²) >= 11 is 5.97. The van der Waals surface area contributed by atoms with Gasteiger partial charge in [-0.2, -0.15) is 5.10 Å². The summed E-state index contributed by atoms with van der Waals surface area (Å²) < 4.78 is 1.44. The largest absolute Gasteiger partial charge is 0.505 e. The number of hydrogen-bond donors (Lipinski definition) is 3. The predicted molar refractivity (Wildman–Crippen MR) is 137 cm³/mol. The van der Waals surface area contributed by atoms with Crippen LogP contribution in [0.25, 0.3) is 16.7 Å². The number of carboxylic acids is 1. The predicted octanol–water partition coefficient (Wildman–Crippen LogP) is 4.85. The van der Waals surface area contributed by atoms with E-state index in [0.29, 0.717) is 33.5 Å². The molecule has 2 aromatic carbocycles. The molecule has 2 aromatic heterocycles. The summed E-state index contributed by atoms with van der Waals surface area (Å²) in [7, 11) is 0. The Hall–Kier alpha value is -4.24. The number of aromatic hydroxyl groups is 1. The van der Waals surface area contributed by atoms with Crippen molar-refractivity contribution < 1.29 is 19.8 Å². The molecular formula is C26H24ClN5O4. The zero-order chi connectivity index (χ0) is 26.2. The van der Waals surface area contributed by atoms with Gasteiger partial charge in [0.15, 0.2) is 5.65 Å². The van der Waals surface area contributed by atoms with Crippen LogP contribution in [0, 0.1) is 6.92 Å². The number of nitrogens with one attached hydrogen (secondary N) is 1. The van der Waals surface area contributed by atoms with Crippen LogP contribution in [-0.4, -0.2) is 43.1 Å². The second-order valence-corrected chi connectivity index (χ2v) is 9.67. The number of aromatic carboxylic acids is 1. The summed E-state index contributed by atoms with van der Waals surface area (Å²) in [5.41, 5.74) is 5.31. The molecule has 0 fully saturated rings. The van der Waals surface area contributed by atoms with Gasteiger partial charge in [0.1, 0.15) is 5.75 Å². The van der Waals surface area contributed by atoms with Crippen LogP contribution in [0.2, 0.25) is 5.02 Å². The molecule has 0 radical (unpaired) electrons. The zero-order valence-corrected chi connectivity index (χ0v) is 20.8. The second-order valence-electron chi connectivity index (χ2n) is 9.27. The molecule has 36 heavy (non-hydrogen) atoms. The average Bonchev–Trinajstić information content (AvgIpc) is 3.24. The van der Waals surface area contributed by atoms with Crippen LogP contribution in [0.1, 0.15) is 58.3 Å². The number of pyridine rings is 1. The quantitative estimate of drug-likeness (QED) is 0.262. The number of hydrogen-bond acceptors (Lipinski definition) is 6. The standard InChI is InChI=1S/C26H24ClN5O4/c1-14-22(33)19(12-28-30-24(34)15-5-7-16(8-6-15)26(2,3)4)20-13-32(31-23(20)29-14)17-9-10-21(27)18(11-17)25(35)36/h5-13,33H,1-4H3,(H,30,34)(H,35,36). The fourth-order valence-corrected chi connectivity index (χ4v) is 3.79. The monoisotopic (exact) mass is 505 g/mol. The molecule has 0 atom stereocenters. The van der Waals surface area contributed by atoms with E-state index >= 15 is 0 Å². The van der Waals surface area contributed by atoms with Gasteiger partial charge in [-0.1, -0.05) is 44.5 Å². The third-order valence-electron chi connectivity index (χ3n) is 5.67. The van der Waals surface area contributed by atoms with E-state index in [-0.39, 0.29) is 21.8 Å². The molecule has 3 N–H and O–H groups in total. The van der Waals surface area contributed by atoms with Crippen molar-refractivity contribution in [2.24, 2.45) is 5.10 Å². The lowest BCUT2D eigenvalue weighted by molar-refractivity contribution is 0.0696. The first-order chi connectivity index (χ1) is 17.0. The highest BCUT2D eigenvalue weighted by atomic mass is 35.5. The number of amides is 1. The number of aryl methyl sites for hydroxylation is 1. The van der Waals surface area contributed by atoms with E-state index in [9.17, 15) is 19.8 Å². The summed E-state index contributed by atoms with van der Waals surface area (Å²) in [6, 6.07) is 11.8. The number of fused-ring (bicyclic) bond motifs is 1. The molecule has 0 aliphatic rings. The lowest BCUT2D eigenvalue weighted by Gasteiger charge is -2.18. The van der Waals surface area contributed by atoms with Crippen LogP contribution in [0.5, 0.6) is 5.75 Å². The molecule has 0 unspecified atom stereocenters. The third-order valence-corrected chi connectivity index (χ3v) is 6.00. The van der Waals surface area contributed by atoms with Crippen molar-refractivity contribution in [2.75, 3.05) is 0 Å². The fraction of sp³-hybridized carbons (Fsp3) is 0.192. The van der Waals surface area contributed by atoms with Crippen molar-refractivity contribution in [1.82, 2.24) is 20.2 Å². The van der Waals surface area contributed by atoms with Gasteiger partial charge in [0.05, 0.1) is 39.1 Å². The van der Waals surface area contributed by atoms with Gasteiger partial charge in [-0.25, -0.2) is 19.9 Å². The van der Waals surface area contributed by atoms with Gasteiger partial charge in [0, 0.05) is 11.8 Å². The molecule has 4 rings (SSSR count). The summed E-state index contributed by atoms with van der Waals surface area (Å²) in [6.07, 6.45) is 2.91. The number of halogens is 1. The maximum Gasteiger partial charge on any atom is 0.337 e. The normalized spacial score (nSPS) is 11.8. The van der Waals surface area contributed by atoms with E-state index in [1.165, 1.54) is 23.0 Å². The van der Waals surface area contributed by atoms with E-state index in [2.05, 4.69) is 41.4 Å². The molecule has 0 aliphatic carbocycles. The third kappa shape index (κ3) is 4.92. The minimum Gasteiger partial charge on any atom is -0.505 e. The van der Waals surface area contributed by atoms with Gasteiger partial charge in [-0.15, -0.1) is 5.10 Å². The minimum absolute atomic E-state index is 0.0269. The molecule has 0 saturated heterocycles. The van der Waals surface area contributed by atoms with Gasteiger partial charge in [-0.3, -0.25) is 4.79 Å². The van der Waals surface area contributed by atoms with E-state index in [0.717, 1.165) is 5.56 Å². The number of aromatic nitrogens is 3. The highest BCUT2D eigenvalue weighted by Gasteiger charge is 2.17. The van der Waals surface area contributed by atoms with Crippen LogP contribution in [0.4, 0.5) is 0 Å². The van der Waals surface area contributed by atoms with Crippen LogP contribution >= 0.6 is 11.6 Å². The molecule has 2 heterocycles. The number of carboxylic acid groups (broad SMARTS) is 1. The van der Waals surface area contributed by atoms with Gasteiger partial charge in [0.2, 0.25) is 0 Å². The molecule has 0 aliphatic heterocycles. The zero-order valence-electron chi connectivity index (χ0n) is 20.1. The van der Waals surface area contributed by atoms with Gasteiger partial charge < -0.3 is 10.2 Å². The number of hydrazone groups is 1. The number of rotatable bonds is 5. The van der Waals surface area contributed by atoms with Gasteiger partial charge >= 0.3 is 5.97 Å². The van der Waals surface area contributed by atoms with Crippen molar-refractivity contribution in [2.45, 2.75) is 33.1 Å². The molecular weight excluding hydrogens is 482 g/mol. The van der Waals surface area contributed by atoms with Crippen molar-refractivity contribution in [1.29, 1.82) is 0 Å². The molecule has 184 valence electrons. The average molecular weight is 506 g/mol. The first-order valence-electron chi connectivity index (χ1n) is 11.0. The van der Waals surface area contributed by atoms with Crippen LogP contribution in [-0.2, 0) is 5.41 Å². The Morgan fingerprint density at radius 2 is 1.83 bits per heavy atom. The Balaban J connectivity index is 1.64. The Morgan fingerprint density at radius 1 is 1.14 bits per heavy atom. The van der Waals surface area contributed by atoms with E-state index in [1.54, 1.807) is 31.3 Å². The molecule has 1 amide bonds. The topological polar surface area (TPSA) is 130 Å². The highest BCUT2D eigenvalue weighted by molar-refractivity contribution is 6.33. The van der Waals surface area contributed by atoms with Gasteiger partial charge in [-0.05, 0) is 48.2 Å². The van der Waals surface area contributed by atoms with Crippen molar-refractivity contribution in [3.05, 3.63) is 81.6 Å². The van der Waals surface area contributed by atoms with Crippen molar-refractivity contribution in [3.63, 3.8) is 0 Å². The molecule has 10 heteroatoms. The summed E-state index contributed by atoms with van der Waals surface area (Å²) in [4.78, 5) is 28.3. The highest BCUT2D eigenvalue weighted by Crippen LogP contribution is 2.28. The van der Waals surface area contributed by atoms with E-state index < -0.39 is 11.9 Å². The number of carbonyl (C=O) groups excluding carboxylic acids is 1. The van der Waals surface area contributed by atoms with Crippen molar-refractivity contribution in [3.8, 4) is 11.4 Å². The number of nitrogens with zero attached hydrogens (tertiary/aromatic N) is 4. The summed E-state index contributed by atoms with van der Waals surface area (Å²) in [5, 5.41) is 29.0. The Labute approximate surface area is 212 Å². The molecule has 0 spiro atoms. The molecule has 9 nitrogen and oxygen atoms in total. The van der Waals surface area contributed by atoms with Crippen LogP contribution in [0.15, 0.2) is 53.8 Å². The van der Waals surface area contributed by atoms with Crippen LogP contribution < -0.4 is 5.43 Å². The maximum atomic E-state index is 12.5. The first-order valence-corrected chi connectivity index (χ1v) is 11.4. The number of carbonyl (C=O) groups is 2. The second kappa shape index (κ2) is 9.43. The number of benzene rings is 2. The van der Waals surface area contributed by atoms with Crippen molar-refractivity contribution >= 4 is 40.7 Å². The first kappa shape index (κ1) is 24.9. The summed E-state index contributed by atoms with van der Waals surface area (Å²) in [5.74, 6) is -1.68. The Morgan fingerprint density at radius 3 is 2.47 bits per heavy atom. The fourth-order valence-electron chi connectivity index (χ4n) is 3.60. The lowest BCUT2D eigenvalue weighted by Crippen LogP contribution is -2.18. The van der Waals surface area contributed by atoms with E-state index in [1.807, 2.05) is 12.1 Å². The smallest absolute Gasteiger partial charge is 0.337 e. The van der Waals surface area contributed by atoms with Gasteiger partial charge in [0.25, 0.3) is 5.91 Å². The Kier molecular flexibility index (Phi) is 6.51. The molecule has 0 saturated carbocycles. The minimum atomic E-state index is -1.17. The Bertz CT molecular complexity index is 1520.